The third kappa shape index (κ3) is 28.5. The predicted molar refractivity (Wildman–Crippen MR) is 590 cm³/mol. The summed E-state index contributed by atoms with van der Waals surface area (Å²) in [5.41, 5.74) is 6.41. The Morgan fingerprint density at radius 3 is 0.980 bits per heavy atom. The van der Waals surface area contributed by atoms with E-state index in [1.807, 2.05) is 55.1 Å². The summed E-state index contributed by atoms with van der Waals surface area (Å²) in [6.45, 7) is 25.7. The number of carboxylic acids is 4. The smallest absolute Gasteiger partial charge is 0.321 e. The van der Waals surface area contributed by atoms with Crippen LogP contribution in [0.3, 0.4) is 0 Å². The first kappa shape index (κ1) is 108. The van der Waals surface area contributed by atoms with Gasteiger partial charge < -0.3 is 59.5 Å². The van der Waals surface area contributed by atoms with E-state index < -0.39 is 23.9 Å². The maximum Gasteiger partial charge on any atom is 0.321 e. The molecule has 0 spiro atoms. The first-order valence-corrected chi connectivity index (χ1v) is 57.6. The van der Waals surface area contributed by atoms with Crippen LogP contribution >= 0.6 is 0 Å². The van der Waals surface area contributed by atoms with E-state index in [0.717, 1.165) is 281 Å². The Balaban J connectivity index is 0.000000130. The lowest BCUT2D eigenvalue weighted by atomic mass is 9.83. The highest BCUT2D eigenvalue weighted by Crippen LogP contribution is 2.46. The van der Waals surface area contributed by atoms with E-state index in [1.54, 1.807) is 24.8 Å². The first-order valence-electron chi connectivity index (χ1n) is 57.6. The molecule has 8 aliphatic heterocycles. The Kier molecular flexibility index (Phi) is 39.4. The molecule has 0 amide bonds. The van der Waals surface area contributed by atoms with Gasteiger partial charge in [0.1, 0.15) is 41.8 Å². The molecule has 800 valence electrons. The number of carboxylic acid groups (broad SMARTS) is 4. The van der Waals surface area contributed by atoms with E-state index >= 15 is 0 Å². The zero-order valence-corrected chi connectivity index (χ0v) is 89.0. The number of hydrogen-bond donors (Lipinski definition) is 4. The Morgan fingerprint density at radius 1 is 0.329 bits per heavy atom. The van der Waals surface area contributed by atoms with Crippen LogP contribution in [0.1, 0.15) is 240 Å². The van der Waals surface area contributed by atoms with Crippen LogP contribution in [0, 0.1) is 47.3 Å². The number of benzene rings is 5. The van der Waals surface area contributed by atoms with E-state index in [-0.39, 0.29) is 48.0 Å². The van der Waals surface area contributed by atoms with Gasteiger partial charge in [-0.25, -0.2) is 24.9 Å². The van der Waals surface area contributed by atoms with Crippen LogP contribution < -0.4 is 19.4 Å². The highest BCUT2D eigenvalue weighted by atomic mass is 16.5. The number of rotatable bonds is 34. The van der Waals surface area contributed by atoms with Crippen LogP contribution in [0.4, 0.5) is 17.7 Å². The number of pyridine rings is 1. The van der Waals surface area contributed by atoms with Crippen molar-refractivity contribution in [1.82, 2.24) is 74.1 Å². The summed E-state index contributed by atoms with van der Waals surface area (Å²) < 4.78 is 6.39. The normalized spacial score (nSPS) is 25.1. The van der Waals surface area contributed by atoms with Crippen LogP contribution in [-0.4, -0.2) is 318 Å². The number of carbonyl (C=O) groups is 4. The summed E-state index contributed by atoms with van der Waals surface area (Å²) in [4.78, 5) is 108. The largest absolute Gasteiger partial charge is 0.490 e. The van der Waals surface area contributed by atoms with Gasteiger partial charge in [0.2, 0.25) is 11.9 Å². The topological polar surface area (TPSA) is 284 Å². The molecule has 27 nitrogen and oxygen atoms in total. The molecule has 4 aromatic heterocycles. The molecule has 9 aromatic rings. The van der Waals surface area contributed by atoms with Gasteiger partial charge in [-0.05, 0) is 223 Å². The van der Waals surface area contributed by atoms with Gasteiger partial charge in [0.15, 0.2) is 0 Å². The standard InChI is InChI=1S/C33H41N3O3.2C30H43N5O2.C29H41N5O2/c37-33(38)32(25-10-5-2-6-11-25)36-22-27(30(23-36)24-8-3-1-4-9-24)21-35-18-15-28(16-19-35)39-29-13-14-31-26(20-29)12-7-17-34-31;1-2-35(30-31-16-9-17-32-30)26-14-18-33(19-15-26)20-25-21-34(22-27(25)23-10-5-3-6-11-23)28(29(36)37)24-12-7-4-8-13-24;1-2-35(28-19-31-15-16-32-28)26-13-17-33(18-14-26)20-25-21-34(22-27(25)23-9-5-3-6-10-23)29(30(36)37)24-11-7-4-8-12-24;1-32(29-30-15-8-16-31-29)25-13-17-33(18-14-25)19-24-20-34(21-26(24)22-9-4-2-5-10-22)27(28(35)36)23-11-6-3-7-12-23/h1,3-4,7-9,12-14,17,20,25,27-28,30,32H,2,5-6,10-11,15-16,18-19,21-23H2,(H,37,38);3,5-6,9-11,16-17,24-28H,2,4,7-8,12-15,18-22H2,1H3,(H,36,37);3,5-6,9-10,15-16,19,24-27,29H,2,4,7-8,11-14,17-18,20-22H2,1H3,(H,36,37);2,4-5,8-10,15-16,23-27H,3,6-7,11-14,17-21H2,1H3,(H,35,36)/t27-,30+,32+;25-,27+,28+;25-,27+,29+;24-,26+,27+/m0000/s1. The maximum absolute atomic E-state index is 12.5. The molecule has 12 aliphatic rings. The van der Waals surface area contributed by atoms with Gasteiger partial charge in [0.25, 0.3) is 0 Å². The quantitative estimate of drug-likeness (QED) is 0.0291. The molecule has 0 radical (unpaired) electrons. The molecule has 12 heterocycles. The predicted octanol–water partition coefficient (Wildman–Crippen LogP) is 19.0. The monoisotopic (exact) mass is 2030 g/mol. The highest BCUT2D eigenvalue weighted by molar-refractivity contribution is 5.80. The Labute approximate surface area is 885 Å². The lowest BCUT2D eigenvalue weighted by Crippen LogP contribution is -2.48. The van der Waals surface area contributed by atoms with E-state index in [2.05, 4.69) is 243 Å². The first-order chi connectivity index (χ1) is 73.0. The summed E-state index contributed by atoms with van der Waals surface area (Å²) >= 11 is 0. The van der Waals surface area contributed by atoms with Crippen molar-refractivity contribution in [3.8, 4) is 5.75 Å². The molecule has 21 rings (SSSR count). The Bertz CT molecular complexity index is 5340. The molecular weight excluding hydrogens is 1860 g/mol. The fourth-order valence-electron chi connectivity index (χ4n) is 28.9. The summed E-state index contributed by atoms with van der Waals surface area (Å²) in [7, 11) is 2.10. The molecular formula is C122H168N18O9. The van der Waals surface area contributed by atoms with E-state index in [9.17, 15) is 39.6 Å². The third-order valence-corrected chi connectivity index (χ3v) is 36.4. The van der Waals surface area contributed by atoms with Crippen molar-refractivity contribution in [2.75, 3.05) is 166 Å². The molecule has 0 unspecified atom stereocenters. The Hall–Kier alpha value is -10.5. The van der Waals surface area contributed by atoms with Gasteiger partial charge in [-0.3, -0.25) is 48.7 Å². The molecule has 8 saturated heterocycles. The minimum Gasteiger partial charge on any atom is -0.490 e. The second-order valence-corrected chi connectivity index (χ2v) is 45.6. The van der Waals surface area contributed by atoms with Crippen LogP contribution in [0.5, 0.6) is 5.75 Å². The second kappa shape index (κ2) is 54.2. The fourth-order valence-corrected chi connectivity index (χ4v) is 28.9. The number of piperidine rings is 4. The lowest BCUT2D eigenvalue weighted by molar-refractivity contribution is -0.146. The van der Waals surface area contributed by atoms with Crippen LogP contribution in [0.15, 0.2) is 213 Å². The molecule has 149 heavy (non-hydrogen) atoms. The average Bonchev–Trinajstić information content (AvgIpc) is 1.66. The van der Waals surface area contributed by atoms with Crippen molar-refractivity contribution in [3.63, 3.8) is 0 Å². The van der Waals surface area contributed by atoms with Crippen molar-refractivity contribution in [2.24, 2.45) is 47.3 Å². The number of ether oxygens (including phenoxy) is 1. The second-order valence-electron chi connectivity index (χ2n) is 45.6. The van der Waals surface area contributed by atoms with Crippen molar-refractivity contribution >= 4 is 52.5 Å². The number of anilines is 3. The minimum absolute atomic E-state index is 0.225. The van der Waals surface area contributed by atoms with E-state index in [0.29, 0.717) is 71.4 Å². The van der Waals surface area contributed by atoms with Gasteiger partial charge in [-0.1, -0.05) is 204 Å². The lowest BCUT2D eigenvalue weighted by Gasteiger charge is -2.40. The fraction of sp³-hybridized carbons (Fsp3) is 0.598. The van der Waals surface area contributed by atoms with Crippen LogP contribution in [-0.2, 0) is 19.2 Å². The van der Waals surface area contributed by atoms with Crippen LogP contribution in [0.25, 0.3) is 10.9 Å². The molecule has 12 atom stereocenters. The SMILES string of the molecule is CCN(c1cnccn1)C1CCN(C[C@H]2CN([C@@H](C(=O)O)C3CCCCC3)C[C@@H]2c2ccccc2)CC1.CCN(c1ncccn1)C1CCN(C[C@H]2CN([C@@H](C(=O)O)C3CCCCC3)C[C@@H]2c2ccccc2)CC1.CN(c1ncccn1)C1CCN(C[C@H]2CN([C@@H](C(=O)O)C3CCCCC3)C[C@@H]2c2ccccc2)CC1.O=C(O)[C@@H](C1CCCCC1)N1C[C@H](CN2CCC(Oc3ccc4ncccc4c3)CC2)[C@@H](c2ccccc2)C1. The van der Waals surface area contributed by atoms with E-state index in [4.69, 9.17) is 4.74 Å². The summed E-state index contributed by atoms with van der Waals surface area (Å²) in [6.07, 6.45) is 46.2. The third-order valence-electron chi connectivity index (χ3n) is 36.4. The number of fused-ring (bicyclic) bond motifs is 1. The van der Waals surface area contributed by atoms with Gasteiger partial charge in [-0.15, -0.1) is 0 Å². The minimum atomic E-state index is -0.628. The van der Waals surface area contributed by atoms with Gasteiger partial charge in [0.05, 0.1) is 11.7 Å². The van der Waals surface area contributed by atoms with Gasteiger partial charge in [-0.2, -0.15) is 0 Å². The molecule has 4 N–H and O–H groups in total. The van der Waals surface area contributed by atoms with Crippen molar-refractivity contribution in [2.45, 2.75) is 266 Å². The summed E-state index contributed by atoms with van der Waals surface area (Å²) in [5, 5.41) is 42.2. The van der Waals surface area contributed by atoms with Crippen molar-refractivity contribution in [3.05, 3.63) is 236 Å². The molecule has 4 saturated carbocycles. The zero-order valence-electron chi connectivity index (χ0n) is 89.0. The van der Waals surface area contributed by atoms with E-state index in [1.165, 1.54) is 99.3 Å². The molecule has 12 fully saturated rings. The number of aliphatic carboxylic acids is 4. The molecule has 4 aliphatic carbocycles. The number of nitrogens with zero attached hydrogens (tertiary/aromatic N) is 18. The molecule has 0 bridgehead atoms. The number of likely N-dealkylation sites (tertiary alicyclic amines) is 8. The molecule has 5 aromatic carbocycles. The van der Waals surface area contributed by atoms with Crippen LogP contribution in [0.2, 0.25) is 0 Å². The molecule has 27 heteroatoms. The highest BCUT2D eigenvalue weighted by Gasteiger charge is 2.50. The van der Waals surface area contributed by atoms with Gasteiger partial charge >= 0.3 is 23.9 Å². The summed E-state index contributed by atoms with van der Waals surface area (Å²) in [6, 6.07) is 57.2. The Morgan fingerprint density at radius 2 is 0.651 bits per heavy atom. The van der Waals surface area contributed by atoms with Crippen molar-refractivity contribution in [1.29, 1.82) is 0 Å². The maximum atomic E-state index is 12.5. The summed E-state index contributed by atoms with van der Waals surface area (Å²) in [5.74, 6) is 5.49. The average molecular weight is 2030 g/mol. The number of hydrogen-bond acceptors (Lipinski definition) is 23. The van der Waals surface area contributed by atoms with Crippen molar-refractivity contribution < 1.29 is 44.3 Å². The number of aromatic nitrogens is 7. The zero-order chi connectivity index (χ0) is 103. The van der Waals surface area contributed by atoms with Gasteiger partial charge in [0, 0.05) is 242 Å².